The zero-order valence-corrected chi connectivity index (χ0v) is 12.5. The summed E-state index contributed by atoms with van der Waals surface area (Å²) in [4.78, 5) is 11.5. The highest BCUT2D eigenvalue weighted by atomic mass is 35.5. The number of carbonyl (C=O) groups is 1. The van der Waals surface area contributed by atoms with Gasteiger partial charge in [0.25, 0.3) is 0 Å². The lowest BCUT2D eigenvalue weighted by molar-refractivity contribution is -0.120. The predicted octanol–water partition coefficient (Wildman–Crippen LogP) is 1.24. The first-order chi connectivity index (χ1) is 8.81. The summed E-state index contributed by atoms with van der Waals surface area (Å²) < 4.78 is 24.1. The molecule has 0 atom stereocenters. The van der Waals surface area contributed by atoms with Crippen molar-refractivity contribution in [2.45, 2.75) is 13.0 Å². The molecule has 0 heterocycles. The van der Waals surface area contributed by atoms with Crippen molar-refractivity contribution in [3.63, 3.8) is 0 Å². The van der Waals surface area contributed by atoms with Crippen molar-refractivity contribution >= 4 is 27.5 Å². The number of rotatable bonds is 6. The van der Waals surface area contributed by atoms with Crippen molar-refractivity contribution in [2.24, 2.45) is 0 Å². The lowest BCUT2D eigenvalue weighted by atomic mass is 10.2. The Kier molecular flexibility index (Phi) is 5.78. The second-order valence-corrected chi connectivity index (χ2v) is 6.99. The summed E-state index contributed by atoms with van der Waals surface area (Å²) in [5.74, 6) is -0.479. The molecule has 0 aliphatic carbocycles. The Bertz CT molecular complexity index is 526. The summed E-state index contributed by atoms with van der Waals surface area (Å²) in [5.41, 5.74) is 0.910. The number of amides is 1. The molecule has 1 N–H and O–H groups in total. The first-order valence-corrected chi connectivity index (χ1v) is 7.71. The maximum Gasteiger partial charge on any atom is 0.221 e. The monoisotopic (exact) mass is 304 g/mol. The molecule has 0 saturated heterocycles. The highest BCUT2D eigenvalue weighted by Crippen LogP contribution is 2.09. The molecule has 0 aromatic heterocycles. The van der Waals surface area contributed by atoms with Gasteiger partial charge < -0.3 is 5.32 Å². The lowest BCUT2D eigenvalue weighted by Crippen LogP contribution is -2.30. The average molecular weight is 305 g/mol. The van der Waals surface area contributed by atoms with Crippen LogP contribution in [0.25, 0.3) is 0 Å². The summed E-state index contributed by atoms with van der Waals surface area (Å²) in [5, 5.41) is 3.30. The van der Waals surface area contributed by atoms with E-state index in [9.17, 15) is 13.2 Å². The van der Waals surface area contributed by atoms with E-state index in [1.165, 1.54) is 14.1 Å². The maximum atomic E-state index is 11.5. The van der Waals surface area contributed by atoms with Crippen LogP contribution in [0.5, 0.6) is 0 Å². The number of halogens is 1. The lowest BCUT2D eigenvalue weighted by Gasteiger charge is -2.11. The molecular weight excluding hydrogens is 288 g/mol. The first kappa shape index (κ1) is 15.9. The van der Waals surface area contributed by atoms with Crippen LogP contribution in [0, 0.1) is 0 Å². The molecule has 0 fully saturated rings. The van der Waals surface area contributed by atoms with Crippen molar-refractivity contribution in [3.8, 4) is 0 Å². The summed E-state index contributed by atoms with van der Waals surface area (Å²) in [6.07, 6.45) is -0.0475. The number of hydrogen-bond acceptors (Lipinski definition) is 3. The molecule has 0 saturated carbocycles. The van der Waals surface area contributed by atoms with E-state index in [2.05, 4.69) is 5.32 Å². The second-order valence-electron chi connectivity index (χ2n) is 4.25. The third-order valence-corrected chi connectivity index (χ3v) is 4.63. The van der Waals surface area contributed by atoms with Crippen LogP contribution in [0.2, 0.25) is 5.02 Å². The average Bonchev–Trinajstić information content (AvgIpc) is 2.35. The van der Waals surface area contributed by atoms with Gasteiger partial charge in [-0.1, -0.05) is 23.7 Å². The molecule has 0 spiro atoms. The van der Waals surface area contributed by atoms with Gasteiger partial charge in [0.15, 0.2) is 0 Å². The van der Waals surface area contributed by atoms with Gasteiger partial charge in [0, 0.05) is 32.1 Å². The molecule has 0 bridgehead atoms. The van der Waals surface area contributed by atoms with Gasteiger partial charge in [-0.3, -0.25) is 4.79 Å². The van der Waals surface area contributed by atoms with E-state index in [-0.39, 0.29) is 18.1 Å². The van der Waals surface area contributed by atoms with Gasteiger partial charge in [0.2, 0.25) is 15.9 Å². The predicted molar refractivity (Wildman–Crippen MR) is 75.4 cm³/mol. The summed E-state index contributed by atoms with van der Waals surface area (Å²) in [6.45, 7) is 0.359. The Balaban J connectivity index is 2.38. The van der Waals surface area contributed by atoms with E-state index in [0.717, 1.165) is 9.87 Å². The third kappa shape index (κ3) is 5.59. The van der Waals surface area contributed by atoms with Crippen LogP contribution < -0.4 is 5.32 Å². The third-order valence-electron chi connectivity index (χ3n) is 2.55. The van der Waals surface area contributed by atoms with Crippen molar-refractivity contribution in [1.82, 2.24) is 9.62 Å². The fourth-order valence-corrected chi connectivity index (χ4v) is 2.23. The van der Waals surface area contributed by atoms with Crippen LogP contribution in [0.1, 0.15) is 12.0 Å². The highest BCUT2D eigenvalue weighted by Gasteiger charge is 2.15. The molecule has 1 rings (SSSR count). The molecule has 5 nitrogen and oxygen atoms in total. The van der Waals surface area contributed by atoms with E-state index in [1.807, 2.05) is 0 Å². The first-order valence-electron chi connectivity index (χ1n) is 5.72. The second kappa shape index (κ2) is 6.88. The van der Waals surface area contributed by atoms with Gasteiger partial charge >= 0.3 is 0 Å². The Hall–Kier alpha value is -1.11. The van der Waals surface area contributed by atoms with Crippen molar-refractivity contribution in [1.29, 1.82) is 0 Å². The van der Waals surface area contributed by atoms with E-state index in [1.54, 1.807) is 24.3 Å². The van der Waals surface area contributed by atoms with Crippen molar-refractivity contribution in [2.75, 3.05) is 19.8 Å². The zero-order valence-electron chi connectivity index (χ0n) is 10.9. The number of carbonyl (C=O) groups excluding carboxylic acids is 1. The van der Waals surface area contributed by atoms with Crippen molar-refractivity contribution < 1.29 is 13.2 Å². The molecule has 1 aromatic rings. The highest BCUT2D eigenvalue weighted by molar-refractivity contribution is 7.89. The molecule has 0 unspecified atom stereocenters. The molecule has 7 heteroatoms. The van der Waals surface area contributed by atoms with E-state index < -0.39 is 10.0 Å². The van der Waals surface area contributed by atoms with E-state index in [0.29, 0.717) is 11.6 Å². The minimum absolute atomic E-state index is 0.0475. The fraction of sp³-hybridized carbons (Fsp3) is 0.417. The normalized spacial score (nSPS) is 11.6. The molecular formula is C12H17ClN2O3S. The molecule has 1 amide bonds. The molecule has 19 heavy (non-hydrogen) atoms. The number of nitrogens with zero attached hydrogens (tertiary/aromatic N) is 1. The Labute approximate surface area is 118 Å². The van der Waals surface area contributed by atoms with Crippen LogP contribution in [-0.2, 0) is 21.4 Å². The number of sulfonamides is 1. The molecule has 0 radical (unpaired) electrons. The van der Waals surface area contributed by atoms with Gasteiger partial charge in [-0.25, -0.2) is 12.7 Å². The van der Waals surface area contributed by atoms with E-state index in [4.69, 9.17) is 11.6 Å². The van der Waals surface area contributed by atoms with Crippen LogP contribution in [0.15, 0.2) is 24.3 Å². The summed E-state index contributed by atoms with van der Waals surface area (Å²) in [7, 11) is -0.436. The smallest absolute Gasteiger partial charge is 0.221 e. The standard InChI is InChI=1S/C12H17ClN2O3S/c1-15(2)19(17,18)8-7-12(16)14-9-10-3-5-11(13)6-4-10/h3-6H,7-9H2,1-2H3,(H,14,16). The minimum atomic E-state index is -3.33. The van der Waals surface area contributed by atoms with Crippen LogP contribution in [-0.4, -0.2) is 38.5 Å². The Morgan fingerprint density at radius 1 is 1.26 bits per heavy atom. The number of hydrogen-bond donors (Lipinski definition) is 1. The molecule has 0 aliphatic heterocycles. The quantitative estimate of drug-likeness (QED) is 0.860. The van der Waals surface area contributed by atoms with Gasteiger partial charge in [-0.2, -0.15) is 0 Å². The largest absolute Gasteiger partial charge is 0.352 e. The number of nitrogens with one attached hydrogen (secondary N) is 1. The van der Waals surface area contributed by atoms with Crippen LogP contribution in [0.4, 0.5) is 0 Å². The zero-order chi connectivity index (χ0) is 14.5. The Morgan fingerprint density at radius 2 is 1.84 bits per heavy atom. The maximum absolute atomic E-state index is 11.5. The van der Waals surface area contributed by atoms with Gasteiger partial charge in [0.1, 0.15) is 0 Å². The topological polar surface area (TPSA) is 66.5 Å². The SMILES string of the molecule is CN(C)S(=O)(=O)CCC(=O)NCc1ccc(Cl)cc1. The Morgan fingerprint density at radius 3 is 2.37 bits per heavy atom. The van der Waals surface area contributed by atoms with Gasteiger partial charge in [0.05, 0.1) is 5.75 Å². The van der Waals surface area contributed by atoms with Crippen LogP contribution >= 0.6 is 11.6 Å². The molecule has 1 aromatic carbocycles. The van der Waals surface area contributed by atoms with E-state index >= 15 is 0 Å². The molecule has 0 aliphatic rings. The summed E-state index contributed by atoms with van der Waals surface area (Å²) >= 11 is 5.75. The fourth-order valence-electron chi connectivity index (χ4n) is 1.30. The van der Waals surface area contributed by atoms with Gasteiger partial charge in [-0.05, 0) is 17.7 Å². The minimum Gasteiger partial charge on any atom is -0.352 e. The number of benzene rings is 1. The van der Waals surface area contributed by atoms with Crippen molar-refractivity contribution in [3.05, 3.63) is 34.9 Å². The van der Waals surface area contributed by atoms with Gasteiger partial charge in [-0.15, -0.1) is 0 Å². The summed E-state index contributed by atoms with van der Waals surface area (Å²) in [6, 6.07) is 7.08. The van der Waals surface area contributed by atoms with Crippen LogP contribution in [0.3, 0.4) is 0 Å². The molecule has 106 valence electrons.